The van der Waals surface area contributed by atoms with Crippen molar-refractivity contribution >= 4 is 5.97 Å². The molecule has 14 heteroatoms. The molecule has 406 valence electrons. The first-order valence-corrected chi connectivity index (χ1v) is 27.4. The predicted molar refractivity (Wildman–Crippen MR) is 275 cm³/mol. The average Bonchev–Trinajstić information content (AvgIpc) is 3.36. The standard InChI is InChI=1S/C56H98O14/c1-3-5-7-9-11-13-15-17-19-21-22-23-25-27-29-31-33-35-37-39-48(58)68-45(42-65-40-38-36-34-32-30-28-26-24-20-18-16-14-12-10-8-6-4-2)43-66-55-54(64)52(62)50(60)47(70-55)44-67-56-53(63)51(61)49(59)46(41-57)69-56/h11,13-14,16-17,19-20,22-24,45-47,49-57,59-64H,3-10,12,15,18,21,25-44H2,1-2H3/b13-11-,16-14-,19-17-,23-22-,24-20-. The van der Waals surface area contributed by atoms with E-state index in [2.05, 4.69) is 74.6 Å². The second-order valence-electron chi connectivity index (χ2n) is 19.0. The van der Waals surface area contributed by atoms with Crippen molar-refractivity contribution in [1.82, 2.24) is 0 Å². The molecule has 2 saturated heterocycles. The van der Waals surface area contributed by atoms with Gasteiger partial charge in [0.15, 0.2) is 12.6 Å². The van der Waals surface area contributed by atoms with Gasteiger partial charge in [0.05, 0.1) is 26.4 Å². The van der Waals surface area contributed by atoms with Crippen LogP contribution in [-0.2, 0) is 33.2 Å². The van der Waals surface area contributed by atoms with Gasteiger partial charge in [-0.2, -0.15) is 0 Å². The minimum absolute atomic E-state index is 0.0467. The number of unbranched alkanes of at least 4 members (excludes halogenated alkanes) is 19. The minimum atomic E-state index is -1.71. The molecule has 2 fully saturated rings. The molecule has 11 atom stereocenters. The largest absolute Gasteiger partial charge is 0.457 e. The number of ether oxygens (including phenoxy) is 6. The van der Waals surface area contributed by atoms with Crippen molar-refractivity contribution in [1.29, 1.82) is 0 Å². The zero-order valence-corrected chi connectivity index (χ0v) is 43.2. The molecule has 0 saturated carbocycles. The Morgan fingerprint density at radius 1 is 0.471 bits per heavy atom. The minimum Gasteiger partial charge on any atom is -0.457 e. The van der Waals surface area contributed by atoms with Gasteiger partial charge in [-0.15, -0.1) is 0 Å². The van der Waals surface area contributed by atoms with Crippen LogP contribution >= 0.6 is 0 Å². The second kappa shape index (κ2) is 43.1. The third-order valence-corrected chi connectivity index (χ3v) is 12.7. The lowest BCUT2D eigenvalue weighted by Gasteiger charge is -2.42. The van der Waals surface area contributed by atoms with Gasteiger partial charge in [0.1, 0.15) is 54.9 Å². The number of carbonyl (C=O) groups is 1. The summed E-state index contributed by atoms with van der Waals surface area (Å²) >= 11 is 0. The molecule has 70 heavy (non-hydrogen) atoms. The summed E-state index contributed by atoms with van der Waals surface area (Å²) in [7, 11) is 0. The lowest BCUT2D eigenvalue weighted by molar-refractivity contribution is -0.332. The number of rotatable bonds is 43. The van der Waals surface area contributed by atoms with Gasteiger partial charge in [0, 0.05) is 13.0 Å². The number of hydrogen-bond donors (Lipinski definition) is 7. The summed E-state index contributed by atoms with van der Waals surface area (Å²) in [6.07, 6.45) is 35.5. The highest BCUT2D eigenvalue weighted by molar-refractivity contribution is 5.69. The van der Waals surface area contributed by atoms with Crippen molar-refractivity contribution in [2.24, 2.45) is 0 Å². The fourth-order valence-electron chi connectivity index (χ4n) is 8.26. The van der Waals surface area contributed by atoms with Crippen molar-refractivity contribution < 1.29 is 69.0 Å². The highest BCUT2D eigenvalue weighted by atomic mass is 16.7. The molecule has 0 aromatic heterocycles. The molecule has 0 radical (unpaired) electrons. The molecule has 0 aromatic carbocycles. The van der Waals surface area contributed by atoms with Crippen LogP contribution in [0.2, 0.25) is 0 Å². The second-order valence-corrected chi connectivity index (χ2v) is 19.0. The molecule has 7 N–H and O–H groups in total. The van der Waals surface area contributed by atoms with Crippen molar-refractivity contribution in [2.75, 3.05) is 33.0 Å². The fraction of sp³-hybridized carbons (Fsp3) is 0.804. The van der Waals surface area contributed by atoms with E-state index in [1.54, 1.807) is 0 Å². The molecule has 2 aliphatic rings. The van der Waals surface area contributed by atoms with E-state index in [-0.39, 0.29) is 19.6 Å². The SMILES string of the molecule is CCCCC/C=C\C/C=C\C/C=C\CCCCCCCCC(=O)OC(COCCCCCCCC/C=C\C/C=C\CCCCCC)COC1OC(COC2OC(CO)C(O)C(O)C2O)C(O)C(O)C1O. The van der Waals surface area contributed by atoms with E-state index in [1.165, 1.54) is 70.6 Å². The zero-order valence-electron chi connectivity index (χ0n) is 43.2. The molecule has 2 aliphatic heterocycles. The molecule has 0 aliphatic carbocycles. The first-order valence-electron chi connectivity index (χ1n) is 27.4. The van der Waals surface area contributed by atoms with E-state index in [0.29, 0.717) is 13.0 Å². The molecule has 2 rings (SSSR count). The predicted octanol–water partition coefficient (Wildman–Crippen LogP) is 8.91. The van der Waals surface area contributed by atoms with E-state index < -0.39 is 86.7 Å². The molecule has 0 amide bonds. The fourth-order valence-corrected chi connectivity index (χ4v) is 8.26. The van der Waals surface area contributed by atoms with E-state index in [4.69, 9.17) is 28.4 Å². The van der Waals surface area contributed by atoms with Crippen LogP contribution in [0.5, 0.6) is 0 Å². The third kappa shape index (κ3) is 30.0. The Balaban J connectivity index is 1.76. The molecule has 2 heterocycles. The molecule has 14 nitrogen and oxygen atoms in total. The van der Waals surface area contributed by atoms with Crippen LogP contribution < -0.4 is 0 Å². The van der Waals surface area contributed by atoms with Gasteiger partial charge in [-0.1, -0.05) is 158 Å². The molecule has 0 spiro atoms. The Morgan fingerprint density at radius 3 is 1.41 bits per heavy atom. The topological polar surface area (TPSA) is 214 Å². The van der Waals surface area contributed by atoms with E-state index in [1.807, 2.05) is 0 Å². The van der Waals surface area contributed by atoms with Gasteiger partial charge in [-0.05, 0) is 83.5 Å². The van der Waals surface area contributed by atoms with Crippen LogP contribution in [0.4, 0.5) is 0 Å². The van der Waals surface area contributed by atoms with E-state index in [0.717, 1.165) is 89.9 Å². The summed E-state index contributed by atoms with van der Waals surface area (Å²) in [5, 5.41) is 72.2. The van der Waals surface area contributed by atoms with Crippen molar-refractivity contribution in [2.45, 2.75) is 255 Å². The Labute approximate surface area is 422 Å². The maximum absolute atomic E-state index is 13.0. The number of carbonyl (C=O) groups excluding carboxylic acids is 1. The maximum Gasteiger partial charge on any atom is 0.306 e. The van der Waals surface area contributed by atoms with Crippen LogP contribution in [0.25, 0.3) is 0 Å². The smallest absolute Gasteiger partial charge is 0.306 e. The molecule has 0 bridgehead atoms. The van der Waals surface area contributed by atoms with E-state index >= 15 is 0 Å². The Bertz CT molecular complexity index is 1390. The first-order chi connectivity index (χ1) is 34.1. The summed E-state index contributed by atoms with van der Waals surface area (Å²) in [5.74, 6) is -0.394. The Morgan fingerprint density at radius 2 is 0.886 bits per heavy atom. The van der Waals surface area contributed by atoms with Crippen molar-refractivity contribution in [3.05, 3.63) is 60.8 Å². The van der Waals surface area contributed by atoms with Crippen LogP contribution in [-0.4, -0.2) is 142 Å². The summed E-state index contributed by atoms with van der Waals surface area (Å²) in [6, 6.07) is 0. The Kier molecular flexibility index (Phi) is 39.3. The summed E-state index contributed by atoms with van der Waals surface area (Å²) < 4.78 is 34.3. The van der Waals surface area contributed by atoms with E-state index in [9.17, 15) is 40.5 Å². The quantitative estimate of drug-likeness (QED) is 0.0173. The maximum atomic E-state index is 13.0. The molecular weight excluding hydrogens is 897 g/mol. The molecular formula is C56H98O14. The number of aliphatic hydroxyl groups excluding tert-OH is 7. The van der Waals surface area contributed by atoms with Crippen LogP contribution in [0.3, 0.4) is 0 Å². The van der Waals surface area contributed by atoms with Crippen molar-refractivity contribution in [3.8, 4) is 0 Å². The van der Waals surface area contributed by atoms with Crippen molar-refractivity contribution in [3.63, 3.8) is 0 Å². The zero-order chi connectivity index (χ0) is 50.9. The van der Waals surface area contributed by atoms with Gasteiger partial charge in [-0.25, -0.2) is 0 Å². The molecule has 0 aromatic rings. The van der Waals surface area contributed by atoms with Gasteiger partial charge < -0.3 is 64.2 Å². The van der Waals surface area contributed by atoms with Crippen LogP contribution in [0, 0.1) is 0 Å². The summed E-state index contributed by atoms with van der Waals surface area (Å²) in [4.78, 5) is 13.0. The van der Waals surface area contributed by atoms with Gasteiger partial charge >= 0.3 is 5.97 Å². The average molecular weight is 995 g/mol. The number of aliphatic hydroxyl groups is 7. The number of esters is 1. The Hall–Kier alpha value is -2.31. The van der Waals surface area contributed by atoms with Crippen LogP contribution in [0.1, 0.15) is 187 Å². The summed E-state index contributed by atoms with van der Waals surface area (Å²) in [5.41, 5.74) is 0. The highest BCUT2D eigenvalue weighted by Gasteiger charge is 2.47. The molecule has 11 unspecified atom stereocenters. The monoisotopic (exact) mass is 995 g/mol. The van der Waals surface area contributed by atoms with Crippen LogP contribution in [0.15, 0.2) is 60.8 Å². The highest BCUT2D eigenvalue weighted by Crippen LogP contribution is 2.26. The van der Waals surface area contributed by atoms with Gasteiger partial charge in [0.2, 0.25) is 0 Å². The lowest BCUT2D eigenvalue weighted by atomic mass is 9.98. The normalized spacial score (nSPS) is 26.0. The number of hydrogen-bond acceptors (Lipinski definition) is 14. The first kappa shape index (κ1) is 63.8. The lowest BCUT2D eigenvalue weighted by Crippen LogP contribution is -2.61. The third-order valence-electron chi connectivity index (χ3n) is 12.7. The van der Waals surface area contributed by atoms with Gasteiger partial charge in [-0.3, -0.25) is 4.79 Å². The number of allylic oxidation sites excluding steroid dienone is 10. The van der Waals surface area contributed by atoms with Gasteiger partial charge in [0.25, 0.3) is 0 Å². The summed E-state index contributed by atoms with van der Waals surface area (Å²) in [6.45, 7) is 3.60.